The Hall–Kier alpha value is -5.33. The molecule has 0 aliphatic carbocycles. The zero-order chi connectivity index (χ0) is 48.6. The first-order valence-corrected chi connectivity index (χ1v) is 27.0. The van der Waals surface area contributed by atoms with E-state index < -0.39 is 11.9 Å². The maximum Gasteiger partial charge on any atom is 0.343 e. The lowest BCUT2D eigenvalue weighted by molar-refractivity contribution is 0.0732. The summed E-state index contributed by atoms with van der Waals surface area (Å²) in [5.41, 5.74) is 6.88. The number of aryl methyl sites for hydroxylation is 2. The van der Waals surface area contributed by atoms with Gasteiger partial charge < -0.3 is 9.47 Å². The molecule has 0 unspecified atom stereocenters. The van der Waals surface area contributed by atoms with E-state index in [0.717, 1.165) is 35.3 Å². The van der Waals surface area contributed by atoms with Crippen molar-refractivity contribution in [3.8, 4) is 11.5 Å². The van der Waals surface area contributed by atoms with E-state index in [0.29, 0.717) is 11.1 Å². The molecule has 368 valence electrons. The van der Waals surface area contributed by atoms with Gasteiger partial charge in [0.2, 0.25) is 0 Å². The fourth-order valence-electron chi connectivity index (χ4n) is 8.50. The van der Waals surface area contributed by atoms with E-state index in [2.05, 4.69) is 72.4 Å². The fraction of sp³-hybridized carbons (Fsp3) is 0.452. The van der Waals surface area contributed by atoms with Crippen LogP contribution in [0.5, 0.6) is 11.5 Å². The summed E-state index contributed by atoms with van der Waals surface area (Å²) >= 11 is 6.40. The zero-order valence-corrected chi connectivity index (χ0v) is 42.7. The van der Waals surface area contributed by atoms with Crippen molar-refractivity contribution in [1.29, 1.82) is 0 Å². The molecule has 5 aromatic carbocycles. The zero-order valence-electron chi connectivity index (χ0n) is 41.9. The minimum absolute atomic E-state index is 0.0868. The molecule has 5 aromatic rings. The standard InChI is InChI=1S/C62H79ClN2O4/c1-3-5-7-9-11-13-15-17-19-21-23-25-27-50-33-41-56(42-34-50)64-48-52-29-37-54(38-30-52)61(66)68-58-45-46-59(63)60(47-58)69-62(67)55-39-31-53(32-40-55)49-65-57-43-35-51(36-44-57)28-26-24-22-20-18-16-14-12-10-8-6-4-2/h29-49H,3-28H2,1-2H3/b64-48+,65-49+. The van der Waals surface area contributed by atoms with Crippen LogP contribution in [0.2, 0.25) is 5.02 Å². The van der Waals surface area contributed by atoms with Gasteiger partial charge in [-0.25, -0.2) is 9.59 Å². The van der Waals surface area contributed by atoms with Crippen LogP contribution < -0.4 is 9.47 Å². The molecule has 0 atom stereocenters. The molecule has 0 aromatic heterocycles. The van der Waals surface area contributed by atoms with Gasteiger partial charge in [-0.3, -0.25) is 9.98 Å². The fourth-order valence-corrected chi connectivity index (χ4v) is 8.65. The lowest BCUT2D eigenvalue weighted by atomic mass is 10.0. The molecule has 0 fully saturated rings. The summed E-state index contributed by atoms with van der Waals surface area (Å²) in [6, 6.07) is 35.5. The predicted molar refractivity (Wildman–Crippen MR) is 291 cm³/mol. The summed E-state index contributed by atoms with van der Waals surface area (Å²) in [5, 5.41) is 0.213. The van der Waals surface area contributed by atoms with E-state index in [4.69, 9.17) is 21.1 Å². The number of rotatable bonds is 34. The summed E-state index contributed by atoms with van der Waals surface area (Å²) in [6.07, 6.45) is 38.4. The van der Waals surface area contributed by atoms with Crippen molar-refractivity contribution in [3.05, 3.63) is 154 Å². The SMILES string of the molecule is CCCCCCCCCCCCCCc1ccc(/N=C/c2ccc(C(=O)Oc3ccc(Cl)c(OC(=O)c4ccc(/C=N/c5ccc(CCCCCCCCCCCCCC)cc5)cc4)c3)cc2)cc1. The molecule has 0 aliphatic rings. The highest BCUT2D eigenvalue weighted by Crippen LogP contribution is 2.30. The lowest BCUT2D eigenvalue weighted by Gasteiger charge is -2.10. The van der Waals surface area contributed by atoms with Gasteiger partial charge in [-0.2, -0.15) is 0 Å². The minimum Gasteiger partial charge on any atom is -0.423 e. The number of carbonyl (C=O) groups is 2. The molecule has 5 rings (SSSR count). The Bertz CT molecular complexity index is 2250. The molecular weight excluding hydrogens is 872 g/mol. The number of unbranched alkanes of at least 4 members (excludes halogenated alkanes) is 22. The Morgan fingerprint density at radius 2 is 0.768 bits per heavy atom. The third-order valence-corrected chi connectivity index (χ3v) is 13.2. The van der Waals surface area contributed by atoms with Crippen LogP contribution in [0.25, 0.3) is 0 Å². The summed E-state index contributed by atoms with van der Waals surface area (Å²) in [6.45, 7) is 4.55. The molecule has 0 spiro atoms. The van der Waals surface area contributed by atoms with Crippen LogP contribution in [0.15, 0.2) is 125 Å². The highest BCUT2D eigenvalue weighted by Gasteiger charge is 2.15. The molecular formula is C62H79ClN2O4. The summed E-state index contributed by atoms with van der Waals surface area (Å²) in [5.74, 6) is -0.853. The lowest BCUT2D eigenvalue weighted by Crippen LogP contribution is -2.10. The van der Waals surface area contributed by atoms with Crippen LogP contribution in [-0.2, 0) is 12.8 Å². The Labute approximate surface area is 420 Å². The van der Waals surface area contributed by atoms with E-state index in [1.165, 1.54) is 177 Å². The van der Waals surface area contributed by atoms with Gasteiger partial charge in [0.1, 0.15) is 5.75 Å². The van der Waals surface area contributed by atoms with Crippen LogP contribution in [0, 0.1) is 0 Å². The third kappa shape index (κ3) is 22.3. The van der Waals surface area contributed by atoms with Crippen molar-refractivity contribution in [1.82, 2.24) is 0 Å². The number of esters is 2. The Morgan fingerprint density at radius 1 is 0.420 bits per heavy atom. The Balaban J connectivity index is 0.975. The molecule has 6 nitrogen and oxygen atoms in total. The molecule has 0 radical (unpaired) electrons. The van der Waals surface area contributed by atoms with Crippen molar-refractivity contribution in [2.75, 3.05) is 0 Å². The van der Waals surface area contributed by atoms with Crippen molar-refractivity contribution in [2.45, 2.75) is 181 Å². The van der Waals surface area contributed by atoms with Gasteiger partial charge in [-0.1, -0.05) is 215 Å². The second kappa shape index (κ2) is 33.2. The molecule has 7 heteroatoms. The minimum atomic E-state index is -0.587. The highest BCUT2D eigenvalue weighted by molar-refractivity contribution is 6.32. The normalized spacial score (nSPS) is 11.5. The van der Waals surface area contributed by atoms with E-state index >= 15 is 0 Å². The Morgan fingerprint density at radius 3 is 1.14 bits per heavy atom. The summed E-state index contributed by atoms with van der Waals surface area (Å²) < 4.78 is 11.3. The average Bonchev–Trinajstić information content (AvgIpc) is 3.37. The van der Waals surface area contributed by atoms with Crippen LogP contribution in [0.3, 0.4) is 0 Å². The number of aliphatic imine (C=N–C) groups is 2. The van der Waals surface area contributed by atoms with Gasteiger partial charge in [0.25, 0.3) is 0 Å². The van der Waals surface area contributed by atoms with Crippen LogP contribution in [0.4, 0.5) is 11.4 Å². The first-order valence-electron chi connectivity index (χ1n) is 26.6. The first-order chi connectivity index (χ1) is 33.9. The van der Waals surface area contributed by atoms with E-state index in [1.807, 2.05) is 24.3 Å². The van der Waals surface area contributed by atoms with Crippen LogP contribution in [-0.4, -0.2) is 24.4 Å². The van der Waals surface area contributed by atoms with E-state index in [-0.39, 0.29) is 16.5 Å². The van der Waals surface area contributed by atoms with Crippen molar-refractivity contribution in [3.63, 3.8) is 0 Å². The van der Waals surface area contributed by atoms with Gasteiger partial charge in [-0.05, 0) is 109 Å². The average molecular weight is 952 g/mol. The second-order valence-corrected chi connectivity index (χ2v) is 19.1. The van der Waals surface area contributed by atoms with Gasteiger partial charge in [0, 0.05) is 18.5 Å². The molecule has 69 heavy (non-hydrogen) atoms. The molecule has 0 heterocycles. The number of hydrogen-bond acceptors (Lipinski definition) is 6. The quantitative estimate of drug-likeness (QED) is 0.0178. The molecule has 0 saturated heterocycles. The molecule has 0 bridgehead atoms. The predicted octanol–water partition coefficient (Wildman–Crippen LogP) is 18.8. The molecule has 0 aliphatic heterocycles. The highest BCUT2D eigenvalue weighted by atomic mass is 35.5. The maximum absolute atomic E-state index is 13.1. The van der Waals surface area contributed by atoms with Gasteiger partial charge in [0.05, 0.1) is 27.5 Å². The van der Waals surface area contributed by atoms with Gasteiger partial charge in [-0.15, -0.1) is 0 Å². The number of ether oxygens (including phenoxy) is 2. The number of halogens is 1. The summed E-state index contributed by atoms with van der Waals surface area (Å²) in [4.78, 5) is 35.5. The largest absolute Gasteiger partial charge is 0.423 e. The number of benzene rings is 5. The van der Waals surface area contributed by atoms with Crippen molar-refractivity contribution in [2.24, 2.45) is 9.98 Å². The summed E-state index contributed by atoms with van der Waals surface area (Å²) in [7, 11) is 0. The second-order valence-electron chi connectivity index (χ2n) is 18.7. The van der Waals surface area contributed by atoms with Gasteiger partial charge in [0.15, 0.2) is 5.75 Å². The smallest absolute Gasteiger partial charge is 0.343 e. The molecule has 0 amide bonds. The third-order valence-electron chi connectivity index (χ3n) is 12.8. The first kappa shape index (κ1) is 54.6. The van der Waals surface area contributed by atoms with Crippen LogP contribution >= 0.6 is 11.6 Å². The van der Waals surface area contributed by atoms with Crippen molar-refractivity contribution >= 4 is 47.3 Å². The van der Waals surface area contributed by atoms with E-state index in [1.54, 1.807) is 42.8 Å². The monoisotopic (exact) mass is 951 g/mol. The van der Waals surface area contributed by atoms with Gasteiger partial charge >= 0.3 is 11.9 Å². The maximum atomic E-state index is 13.1. The number of nitrogens with zero attached hydrogens (tertiary/aromatic N) is 2. The Kier molecular flexibility index (Phi) is 26.3. The number of carbonyl (C=O) groups excluding carboxylic acids is 2. The van der Waals surface area contributed by atoms with E-state index in [9.17, 15) is 9.59 Å². The molecule has 0 saturated carbocycles. The van der Waals surface area contributed by atoms with Crippen molar-refractivity contribution < 1.29 is 19.1 Å². The van der Waals surface area contributed by atoms with Crippen LogP contribution in [0.1, 0.15) is 211 Å². The number of hydrogen-bond donors (Lipinski definition) is 0. The molecule has 0 N–H and O–H groups in total. The topological polar surface area (TPSA) is 77.3 Å².